The molecule has 0 radical (unpaired) electrons. The molecule has 32 heavy (non-hydrogen) atoms. The van der Waals surface area contributed by atoms with E-state index >= 15 is 0 Å². The van der Waals surface area contributed by atoms with Crippen molar-refractivity contribution in [1.82, 2.24) is 4.98 Å². The van der Waals surface area contributed by atoms with Crippen molar-refractivity contribution >= 4 is 50.9 Å². The number of benzene rings is 1. The Hall–Kier alpha value is -2.97. The second-order valence-corrected chi connectivity index (χ2v) is 10.8. The lowest BCUT2D eigenvalue weighted by Gasteiger charge is -2.37. The van der Waals surface area contributed by atoms with Gasteiger partial charge in [0.05, 0.1) is 24.0 Å². The van der Waals surface area contributed by atoms with Crippen molar-refractivity contribution in [3.63, 3.8) is 0 Å². The molecule has 0 unspecified atom stereocenters. The number of carbonyl (C=O) groups is 2. The lowest BCUT2D eigenvalue weighted by atomic mass is 9.74. The molecular formula is C24H24N4O2S2. The van der Waals surface area contributed by atoms with Crippen molar-refractivity contribution < 1.29 is 9.59 Å². The number of anilines is 3. The van der Waals surface area contributed by atoms with Crippen LogP contribution in [0.4, 0.5) is 16.5 Å². The van der Waals surface area contributed by atoms with Gasteiger partial charge in [-0.2, -0.15) is 0 Å². The minimum atomic E-state index is -0.327. The van der Waals surface area contributed by atoms with Crippen LogP contribution in [0.3, 0.4) is 0 Å². The molecule has 6 nitrogen and oxygen atoms in total. The summed E-state index contributed by atoms with van der Waals surface area (Å²) in [5.41, 5.74) is 3.42. The van der Waals surface area contributed by atoms with E-state index in [9.17, 15) is 9.59 Å². The summed E-state index contributed by atoms with van der Waals surface area (Å²) >= 11 is 2.99. The van der Waals surface area contributed by atoms with Gasteiger partial charge in [-0.3, -0.25) is 9.59 Å². The number of hydrogen-bond donors (Lipinski definition) is 2. The van der Waals surface area contributed by atoms with Crippen LogP contribution in [0, 0.1) is 5.41 Å². The number of amides is 1. The van der Waals surface area contributed by atoms with Crippen LogP contribution in [0.2, 0.25) is 0 Å². The first-order valence-corrected chi connectivity index (χ1v) is 12.3. The molecule has 2 N–H and O–H groups in total. The smallest absolute Gasteiger partial charge is 0.245 e. The van der Waals surface area contributed by atoms with Gasteiger partial charge in [0.2, 0.25) is 5.91 Å². The SMILES string of the molecule is CC1(C)CC(=O)C2=C(C1)Nc1ccccc1N(CC(=O)Nc1nccs1)[C@H]2c1cccs1. The van der Waals surface area contributed by atoms with Crippen LogP contribution in [0.1, 0.15) is 37.6 Å². The molecule has 1 aromatic carbocycles. The van der Waals surface area contributed by atoms with E-state index in [1.54, 1.807) is 17.5 Å². The number of para-hydroxylation sites is 2. The number of allylic oxidation sites excluding steroid dienone is 1. The summed E-state index contributed by atoms with van der Waals surface area (Å²) in [6.45, 7) is 4.37. The van der Waals surface area contributed by atoms with E-state index in [-0.39, 0.29) is 29.7 Å². The Kier molecular flexibility index (Phi) is 5.35. The van der Waals surface area contributed by atoms with E-state index in [0.717, 1.165) is 33.9 Å². The first kappa shape index (κ1) is 20.9. The van der Waals surface area contributed by atoms with E-state index in [2.05, 4.69) is 34.4 Å². The highest BCUT2D eigenvalue weighted by atomic mass is 32.1. The number of aromatic nitrogens is 1. The fourth-order valence-electron chi connectivity index (χ4n) is 4.57. The van der Waals surface area contributed by atoms with Gasteiger partial charge in [0.25, 0.3) is 0 Å². The molecule has 1 aliphatic heterocycles. The molecule has 1 aliphatic carbocycles. The molecule has 1 atom stereocenters. The maximum Gasteiger partial charge on any atom is 0.245 e. The Balaban J connectivity index is 1.63. The summed E-state index contributed by atoms with van der Waals surface area (Å²) in [5.74, 6) is -0.0239. The second kappa shape index (κ2) is 8.18. The minimum Gasteiger partial charge on any atom is -0.357 e. The number of rotatable bonds is 4. The molecule has 5 rings (SSSR count). The number of carbonyl (C=O) groups excluding carboxylic acids is 2. The highest BCUT2D eigenvalue weighted by Crippen LogP contribution is 2.48. The normalized spacial score (nSPS) is 19.6. The highest BCUT2D eigenvalue weighted by Gasteiger charge is 2.42. The molecule has 1 amide bonds. The predicted octanol–water partition coefficient (Wildman–Crippen LogP) is 5.46. The molecule has 2 aliphatic rings. The number of ketones is 1. The number of nitrogens with zero attached hydrogens (tertiary/aromatic N) is 2. The maximum absolute atomic E-state index is 13.5. The van der Waals surface area contributed by atoms with Gasteiger partial charge < -0.3 is 15.5 Å². The molecule has 0 saturated heterocycles. The van der Waals surface area contributed by atoms with Crippen LogP contribution < -0.4 is 15.5 Å². The number of hydrogen-bond acceptors (Lipinski definition) is 7. The zero-order valence-electron chi connectivity index (χ0n) is 17.9. The molecule has 164 valence electrons. The van der Waals surface area contributed by atoms with Crippen molar-refractivity contribution in [3.8, 4) is 0 Å². The standard InChI is InChI=1S/C24H24N4O2S2/c1-24(2)12-16-21(18(29)13-24)22(19-8-5-10-31-19)28(17-7-4-3-6-15(17)26-16)14-20(30)27-23-25-9-11-32-23/h3-11,22,26H,12-14H2,1-2H3,(H,25,27,30)/t22-/m0/s1. The van der Waals surface area contributed by atoms with Crippen molar-refractivity contribution in [2.45, 2.75) is 32.7 Å². The van der Waals surface area contributed by atoms with Crippen LogP contribution in [0.5, 0.6) is 0 Å². The van der Waals surface area contributed by atoms with E-state index < -0.39 is 0 Å². The number of fused-ring (bicyclic) bond motifs is 1. The number of Topliss-reactive ketones (excluding diaryl/α,β-unsaturated/α-hetero) is 1. The van der Waals surface area contributed by atoms with E-state index in [1.165, 1.54) is 11.3 Å². The van der Waals surface area contributed by atoms with Crippen LogP contribution in [-0.4, -0.2) is 23.2 Å². The van der Waals surface area contributed by atoms with Gasteiger partial charge >= 0.3 is 0 Å². The topological polar surface area (TPSA) is 74.3 Å². The van der Waals surface area contributed by atoms with Gasteiger partial charge in [-0.05, 0) is 35.4 Å². The van der Waals surface area contributed by atoms with Crippen LogP contribution in [0.15, 0.2) is 64.6 Å². The van der Waals surface area contributed by atoms with Gasteiger partial charge in [0.15, 0.2) is 10.9 Å². The van der Waals surface area contributed by atoms with Crippen molar-refractivity contribution in [1.29, 1.82) is 0 Å². The molecule has 0 saturated carbocycles. The third-order valence-electron chi connectivity index (χ3n) is 5.81. The monoisotopic (exact) mass is 464 g/mol. The number of thiazole rings is 1. The molecule has 3 heterocycles. The Morgan fingerprint density at radius 1 is 1.19 bits per heavy atom. The largest absolute Gasteiger partial charge is 0.357 e. The van der Waals surface area contributed by atoms with Gasteiger partial charge in [0, 0.05) is 34.1 Å². The van der Waals surface area contributed by atoms with E-state index in [0.29, 0.717) is 11.6 Å². The van der Waals surface area contributed by atoms with Crippen LogP contribution in [-0.2, 0) is 9.59 Å². The average Bonchev–Trinajstić information content (AvgIpc) is 3.41. The lowest BCUT2D eigenvalue weighted by molar-refractivity contribution is -0.119. The van der Waals surface area contributed by atoms with Gasteiger partial charge in [-0.25, -0.2) is 4.98 Å². The summed E-state index contributed by atoms with van der Waals surface area (Å²) in [4.78, 5) is 33.8. The highest BCUT2D eigenvalue weighted by molar-refractivity contribution is 7.13. The fraction of sp³-hybridized carbons (Fsp3) is 0.292. The Morgan fingerprint density at radius 3 is 2.78 bits per heavy atom. The summed E-state index contributed by atoms with van der Waals surface area (Å²) < 4.78 is 0. The van der Waals surface area contributed by atoms with Crippen LogP contribution in [0.25, 0.3) is 0 Å². The van der Waals surface area contributed by atoms with Crippen LogP contribution >= 0.6 is 22.7 Å². The third-order valence-corrected chi connectivity index (χ3v) is 7.42. The van der Waals surface area contributed by atoms with Gasteiger partial charge in [0.1, 0.15) is 0 Å². The molecular weight excluding hydrogens is 440 g/mol. The summed E-state index contributed by atoms with van der Waals surface area (Å²) in [6.07, 6.45) is 2.94. The molecule has 0 fully saturated rings. The lowest BCUT2D eigenvalue weighted by Crippen LogP contribution is -2.39. The predicted molar refractivity (Wildman–Crippen MR) is 130 cm³/mol. The average molecular weight is 465 g/mol. The Labute approximate surface area is 195 Å². The zero-order chi connectivity index (χ0) is 22.3. The van der Waals surface area contributed by atoms with Crippen molar-refractivity contribution in [3.05, 3.63) is 69.5 Å². The molecule has 0 bridgehead atoms. The van der Waals surface area contributed by atoms with Crippen molar-refractivity contribution in [2.75, 3.05) is 22.1 Å². The number of nitrogens with one attached hydrogen (secondary N) is 2. The zero-order valence-corrected chi connectivity index (χ0v) is 19.6. The Morgan fingerprint density at radius 2 is 2.03 bits per heavy atom. The minimum absolute atomic E-state index is 0.105. The van der Waals surface area contributed by atoms with Gasteiger partial charge in [-0.15, -0.1) is 22.7 Å². The summed E-state index contributed by atoms with van der Waals surface area (Å²) in [5, 5.41) is 10.9. The summed E-state index contributed by atoms with van der Waals surface area (Å²) in [6, 6.07) is 11.7. The summed E-state index contributed by atoms with van der Waals surface area (Å²) in [7, 11) is 0. The molecule has 3 aromatic rings. The maximum atomic E-state index is 13.5. The molecule has 0 spiro atoms. The van der Waals surface area contributed by atoms with Gasteiger partial charge in [-0.1, -0.05) is 32.0 Å². The van der Waals surface area contributed by atoms with Crippen molar-refractivity contribution in [2.24, 2.45) is 5.41 Å². The molecule has 2 aromatic heterocycles. The number of thiophene rings is 1. The molecule has 8 heteroatoms. The first-order valence-electron chi connectivity index (χ1n) is 10.5. The quantitative estimate of drug-likeness (QED) is 0.536. The van der Waals surface area contributed by atoms with E-state index in [4.69, 9.17) is 0 Å². The first-order chi connectivity index (χ1) is 15.4. The second-order valence-electron chi connectivity index (χ2n) is 8.91. The van der Waals surface area contributed by atoms with E-state index in [1.807, 2.05) is 47.2 Å². The fourth-order valence-corrected chi connectivity index (χ4v) is 5.96. The third kappa shape index (κ3) is 3.96. The Bertz CT molecular complexity index is 1180.